The molecule has 90 valence electrons. The lowest BCUT2D eigenvalue weighted by atomic mass is 10.4. The number of anilines is 1. The summed E-state index contributed by atoms with van der Waals surface area (Å²) in [4.78, 5) is 7.69. The van der Waals surface area contributed by atoms with Crippen molar-refractivity contribution in [2.24, 2.45) is 0 Å². The van der Waals surface area contributed by atoms with Gasteiger partial charge in [-0.3, -0.25) is 5.10 Å². The molecule has 0 aromatic carbocycles. The Bertz CT molecular complexity index is 502. The summed E-state index contributed by atoms with van der Waals surface area (Å²) in [6, 6.07) is 3.82. The summed E-state index contributed by atoms with van der Waals surface area (Å²) < 4.78 is 0.764. The Morgan fingerprint density at radius 1 is 1.29 bits per heavy atom. The average molecular weight is 270 g/mol. The summed E-state index contributed by atoms with van der Waals surface area (Å²) in [5, 5.41) is 10.5. The molecule has 1 saturated heterocycles. The maximum absolute atomic E-state index is 5.90. The number of hydrogen-bond acceptors (Lipinski definition) is 5. The third-order valence-corrected chi connectivity index (χ3v) is 3.92. The van der Waals surface area contributed by atoms with Crippen molar-refractivity contribution in [3.8, 4) is 10.7 Å². The van der Waals surface area contributed by atoms with Crippen LogP contribution in [0.3, 0.4) is 0 Å². The third-order valence-electron chi connectivity index (χ3n) is 2.68. The molecule has 1 fully saturated rings. The highest BCUT2D eigenvalue weighted by Gasteiger charge is 2.16. The maximum Gasteiger partial charge on any atom is 0.245 e. The summed E-state index contributed by atoms with van der Waals surface area (Å²) in [6.07, 6.45) is 0. The van der Waals surface area contributed by atoms with E-state index in [0.29, 0.717) is 0 Å². The summed E-state index contributed by atoms with van der Waals surface area (Å²) in [5.41, 5.74) is 0. The molecular weight excluding hydrogens is 258 g/mol. The Labute approximate surface area is 108 Å². The highest BCUT2D eigenvalue weighted by Crippen LogP contribution is 2.29. The predicted octanol–water partition coefficient (Wildman–Crippen LogP) is 1.60. The van der Waals surface area contributed by atoms with Crippen molar-refractivity contribution in [2.75, 3.05) is 31.1 Å². The van der Waals surface area contributed by atoms with Crippen LogP contribution in [0, 0.1) is 0 Å². The van der Waals surface area contributed by atoms with E-state index in [1.807, 2.05) is 12.1 Å². The SMILES string of the molecule is Clc1ccc(-c2nc(N3CCNCC3)n[nH]2)s1. The van der Waals surface area contributed by atoms with Gasteiger partial charge in [0.25, 0.3) is 0 Å². The minimum absolute atomic E-state index is 0.764. The summed E-state index contributed by atoms with van der Waals surface area (Å²) in [7, 11) is 0. The van der Waals surface area contributed by atoms with Gasteiger partial charge >= 0.3 is 0 Å². The molecule has 0 unspecified atom stereocenters. The molecule has 0 amide bonds. The number of aromatic amines is 1. The number of rotatable bonds is 2. The van der Waals surface area contributed by atoms with E-state index in [0.717, 1.165) is 47.2 Å². The third kappa shape index (κ3) is 2.29. The molecule has 1 aliphatic heterocycles. The number of nitrogens with zero attached hydrogens (tertiary/aromatic N) is 3. The lowest BCUT2D eigenvalue weighted by Crippen LogP contribution is -2.44. The van der Waals surface area contributed by atoms with Crippen molar-refractivity contribution in [2.45, 2.75) is 0 Å². The number of halogens is 1. The van der Waals surface area contributed by atoms with Crippen molar-refractivity contribution < 1.29 is 0 Å². The monoisotopic (exact) mass is 269 g/mol. The number of H-pyrrole nitrogens is 1. The van der Waals surface area contributed by atoms with Crippen LogP contribution in [0.4, 0.5) is 5.95 Å². The van der Waals surface area contributed by atoms with Crippen LogP contribution < -0.4 is 10.2 Å². The topological polar surface area (TPSA) is 56.8 Å². The Morgan fingerprint density at radius 2 is 2.12 bits per heavy atom. The molecule has 2 N–H and O–H groups in total. The van der Waals surface area contributed by atoms with Crippen molar-refractivity contribution >= 4 is 28.9 Å². The normalized spacial score (nSPS) is 16.4. The average Bonchev–Trinajstić information content (AvgIpc) is 2.98. The van der Waals surface area contributed by atoms with Crippen LogP contribution in [0.2, 0.25) is 4.34 Å². The number of thiophene rings is 1. The molecule has 1 aliphatic rings. The fourth-order valence-electron chi connectivity index (χ4n) is 1.81. The second-order valence-corrected chi connectivity index (χ2v) is 5.54. The molecule has 7 heteroatoms. The highest BCUT2D eigenvalue weighted by atomic mass is 35.5. The molecule has 17 heavy (non-hydrogen) atoms. The van der Waals surface area contributed by atoms with Gasteiger partial charge < -0.3 is 10.2 Å². The Balaban J connectivity index is 1.82. The van der Waals surface area contributed by atoms with Crippen molar-refractivity contribution in [1.29, 1.82) is 0 Å². The Morgan fingerprint density at radius 3 is 2.82 bits per heavy atom. The molecular formula is C10H12ClN5S. The largest absolute Gasteiger partial charge is 0.337 e. The minimum Gasteiger partial charge on any atom is -0.337 e. The first kappa shape index (κ1) is 11.0. The van der Waals surface area contributed by atoms with Crippen LogP contribution >= 0.6 is 22.9 Å². The summed E-state index contributed by atoms with van der Waals surface area (Å²) in [6.45, 7) is 3.86. The van der Waals surface area contributed by atoms with E-state index >= 15 is 0 Å². The predicted molar refractivity (Wildman–Crippen MR) is 69.8 cm³/mol. The van der Waals surface area contributed by atoms with Crippen LogP contribution in [-0.2, 0) is 0 Å². The van der Waals surface area contributed by atoms with Gasteiger partial charge in [-0.15, -0.1) is 16.4 Å². The number of piperazine rings is 1. The molecule has 3 rings (SSSR count). The molecule has 2 aromatic rings. The lowest BCUT2D eigenvalue weighted by molar-refractivity contribution is 0.580. The van der Waals surface area contributed by atoms with Crippen molar-refractivity contribution in [3.63, 3.8) is 0 Å². The quantitative estimate of drug-likeness (QED) is 0.870. The van der Waals surface area contributed by atoms with E-state index in [1.165, 1.54) is 11.3 Å². The second kappa shape index (κ2) is 4.64. The maximum atomic E-state index is 5.90. The van der Waals surface area contributed by atoms with Crippen LogP contribution in [0.25, 0.3) is 10.7 Å². The molecule has 0 saturated carbocycles. The lowest BCUT2D eigenvalue weighted by Gasteiger charge is -2.25. The first-order valence-corrected chi connectivity index (χ1v) is 6.66. The Hall–Kier alpha value is -1.11. The van der Waals surface area contributed by atoms with Gasteiger partial charge in [-0.25, -0.2) is 0 Å². The van der Waals surface area contributed by atoms with Gasteiger partial charge in [-0.1, -0.05) is 11.6 Å². The van der Waals surface area contributed by atoms with Gasteiger partial charge in [0.1, 0.15) is 0 Å². The van der Waals surface area contributed by atoms with Gasteiger partial charge in [0.05, 0.1) is 9.21 Å². The molecule has 2 aromatic heterocycles. The summed E-state index contributed by atoms with van der Waals surface area (Å²) in [5.74, 6) is 1.56. The molecule has 0 radical (unpaired) electrons. The fraction of sp³-hybridized carbons (Fsp3) is 0.400. The fourth-order valence-corrected chi connectivity index (χ4v) is 2.79. The standard InChI is InChI=1S/C10H12ClN5S/c11-8-2-1-7(17-8)9-13-10(15-14-9)16-5-3-12-4-6-16/h1-2,12H,3-6H2,(H,13,14,15). The molecule has 5 nitrogen and oxygen atoms in total. The van der Waals surface area contributed by atoms with E-state index in [-0.39, 0.29) is 0 Å². The smallest absolute Gasteiger partial charge is 0.245 e. The van der Waals surface area contributed by atoms with Crippen LogP contribution in [0.5, 0.6) is 0 Å². The van der Waals surface area contributed by atoms with Gasteiger partial charge in [0, 0.05) is 26.2 Å². The van der Waals surface area contributed by atoms with Crippen LogP contribution in [-0.4, -0.2) is 41.4 Å². The van der Waals surface area contributed by atoms with Gasteiger partial charge in [0.15, 0.2) is 5.82 Å². The van der Waals surface area contributed by atoms with E-state index in [4.69, 9.17) is 11.6 Å². The zero-order chi connectivity index (χ0) is 11.7. The van der Waals surface area contributed by atoms with Gasteiger partial charge in [-0.2, -0.15) is 4.98 Å². The number of aromatic nitrogens is 3. The second-order valence-electron chi connectivity index (χ2n) is 3.82. The highest BCUT2D eigenvalue weighted by molar-refractivity contribution is 7.19. The van der Waals surface area contributed by atoms with Gasteiger partial charge in [-0.05, 0) is 12.1 Å². The van der Waals surface area contributed by atoms with E-state index in [1.54, 1.807) is 0 Å². The molecule has 0 spiro atoms. The molecule has 0 aliphatic carbocycles. The van der Waals surface area contributed by atoms with E-state index < -0.39 is 0 Å². The molecule has 0 bridgehead atoms. The molecule has 0 atom stereocenters. The zero-order valence-electron chi connectivity index (χ0n) is 9.11. The number of nitrogens with one attached hydrogen (secondary N) is 2. The minimum atomic E-state index is 0.764. The van der Waals surface area contributed by atoms with E-state index in [9.17, 15) is 0 Å². The van der Waals surface area contributed by atoms with Gasteiger partial charge in [0.2, 0.25) is 5.95 Å². The van der Waals surface area contributed by atoms with Crippen molar-refractivity contribution in [1.82, 2.24) is 20.5 Å². The zero-order valence-corrected chi connectivity index (χ0v) is 10.7. The summed E-state index contributed by atoms with van der Waals surface area (Å²) >= 11 is 7.41. The Kier molecular flexibility index (Phi) is 3.00. The van der Waals surface area contributed by atoms with Crippen LogP contribution in [0.15, 0.2) is 12.1 Å². The first-order chi connectivity index (χ1) is 8.33. The molecule has 3 heterocycles. The first-order valence-electron chi connectivity index (χ1n) is 5.47. The van der Waals surface area contributed by atoms with E-state index in [2.05, 4.69) is 25.4 Å². The van der Waals surface area contributed by atoms with Crippen molar-refractivity contribution in [3.05, 3.63) is 16.5 Å². The number of hydrogen-bond donors (Lipinski definition) is 2. The van der Waals surface area contributed by atoms with Crippen LogP contribution in [0.1, 0.15) is 0 Å².